The van der Waals surface area contributed by atoms with Crippen LogP contribution in [0.5, 0.6) is 0 Å². The molecule has 0 unspecified atom stereocenters. The number of carbonyl (C=O) groups excluding carboxylic acids is 1. The molecule has 0 aromatic carbocycles. The summed E-state index contributed by atoms with van der Waals surface area (Å²) in [5.41, 5.74) is -0.554. The van der Waals surface area contributed by atoms with E-state index in [4.69, 9.17) is 47.7 Å². The van der Waals surface area contributed by atoms with E-state index in [0.29, 0.717) is 49.5 Å². The summed E-state index contributed by atoms with van der Waals surface area (Å²) in [5.74, 6) is -0.952. The van der Waals surface area contributed by atoms with E-state index in [2.05, 4.69) is 26.8 Å². The zero-order valence-electron chi connectivity index (χ0n) is 42.4. The van der Waals surface area contributed by atoms with Crippen LogP contribution in [0.3, 0.4) is 0 Å². The molecule has 0 bridgehead atoms. The smallest absolute Gasteiger partial charge is 0.308 e. The summed E-state index contributed by atoms with van der Waals surface area (Å²) in [4.78, 5) is 23.5. The van der Waals surface area contributed by atoms with Crippen LogP contribution in [0.25, 0.3) is 0 Å². The molecule has 5 saturated heterocycles. The average Bonchev–Trinajstić information content (AvgIpc) is 3.79. The van der Waals surface area contributed by atoms with Crippen molar-refractivity contribution in [3.63, 3.8) is 0 Å². The van der Waals surface area contributed by atoms with Crippen molar-refractivity contribution in [2.24, 2.45) is 46.3 Å². The quantitative estimate of drug-likeness (QED) is 0.0761. The topological polar surface area (TPSA) is 340 Å². The van der Waals surface area contributed by atoms with Gasteiger partial charge in [-0.15, -0.1) is 0 Å². The van der Waals surface area contributed by atoms with Gasteiger partial charge in [0.15, 0.2) is 24.7 Å². The van der Waals surface area contributed by atoms with Gasteiger partial charge in [-0.1, -0.05) is 32.4 Å². The van der Waals surface area contributed by atoms with Crippen LogP contribution in [-0.2, 0) is 52.2 Å². The molecule has 0 amide bonds. The first-order valence-electron chi connectivity index (χ1n) is 26.5. The van der Waals surface area contributed by atoms with Gasteiger partial charge in [0, 0.05) is 18.3 Å². The third-order valence-corrected chi connectivity index (χ3v) is 19.1. The number of rotatable bonds is 14. The number of aliphatic hydroxyl groups is 10. The maximum atomic E-state index is 12.5. The van der Waals surface area contributed by atoms with Gasteiger partial charge in [-0.2, -0.15) is 0 Å². The van der Waals surface area contributed by atoms with Crippen LogP contribution in [0, 0.1) is 46.3 Å². The first kappa shape index (κ1) is 55.7. The Balaban J connectivity index is 0.866. The molecular formula is C51H80O22. The van der Waals surface area contributed by atoms with Crippen LogP contribution in [0.4, 0.5) is 0 Å². The Labute approximate surface area is 424 Å². The molecule has 4 aliphatic carbocycles. The number of hydrogen-bond donors (Lipinski definition) is 11. The summed E-state index contributed by atoms with van der Waals surface area (Å²) < 4.78 is 55.8. The van der Waals surface area contributed by atoms with E-state index >= 15 is 0 Å². The SMILES string of the molecule is C[C@@H]1O[C@@H](O[C@H]2[C@H](O[C@H]3CC[C@@]4(C)C(=CC[C@H]5[C@@H]6C[C@@H]7O[C@]8(CC[C@@H](COC(=O)C[C@@](C)(O)CC(=O)O)CO8)[C@@H](C)[C@@H]7[C@@]6(C)CC[C@@H]54)C3)O[C@H](CO)[C@@H](O)[C@@H]2O[C@@H]2O[C@H](CO)[C@@H](O)[C@H](O)[C@H]2O)[C@H](O)[C@H](O)[C@H]1O. The van der Waals surface area contributed by atoms with E-state index in [-0.39, 0.29) is 35.4 Å². The van der Waals surface area contributed by atoms with Crippen LogP contribution < -0.4 is 0 Å². The zero-order chi connectivity index (χ0) is 52.7. The minimum atomic E-state index is -1.87. The molecule has 0 aromatic rings. The lowest BCUT2D eigenvalue weighted by molar-refractivity contribution is -0.394. The van der Waals surface area contributed by atoms with Gasteiger partial charge in [0.1, 0.15) is 67.1 Å². The predicted octanol–water partition coefficient (Wildman–Crippen LogP) is -0.647. The van der Waals surface area contributed by atoms with Crippen molar-refractivity contribution in [3.05, 3.63) is 11.6 Å². The fraction of sp³-hybridized carbons (Fsp3) is 0.922. The van der Waals surface area contributed by atoms with Gasteiger partial charge in [-0.05, 0) is 99.7 Å². The lowest BCUT2D eigenvalue weighted by Crippen LogP contribution is -2.67. The van der Waals surface area contributed by atoms with Crippen molar-refractivity contribution >= 4 is 11.9 Å². The Morgan fingerprint density at radius 2 is 1.41 bits per heavy atom. The summed E-state index contributed by atoms with van der Waals surface area (Å²) in [6.07, 6.45) is -15.5. The van der Waals surface area contributed by atoms with Gasteiger partial charge in [0.25, 0.3) is 0 Å². The molecule has 73 heavy (non-hydrogen) atoms. The molecule has 416 valence electrons. The highest BCUT2D eigenvalue weighted by Crippen LogP contribution is 2.71. The number of carboxylic acids is 1. The largest absolute Gasteiger partial charge is 0.481 e. The van der Waals surface area contributed by atoms with Crippen molar-refractivity contribution in [2.45, 2.75) is 221 Å². The van der Waals surface area contributed by atoms with E-state index in [1.165, 1.54) is 19.4 Å². The summed E-state index contributed by atoms with van der Waals surface area (Å²) in [6.45, 7) is 8.84. The lowest BCUT2D eigenvalue weighted by atomic mass is 9.47. The Kier molecular flexibility index (Phi) is 16.3. The molecule has 9 rings (SSSR count). The Hall–Kier alpha value is -2.04. The van der Waals surface area contributed by atoms with E-state index in [1.807, 2.05) is 0 Å². The highest BCUT2D eigenvalue weighted by atomic mass is 16.8. The normalized spacial score (nSPS) is 51.5. The molecule has 27 atom stereocenters. The van der Waals surface area contributed by atoms with Gasteiger partial charge in [0.2, 0.25) is 0 Å². The van der Waals surface area contributed by atoms with Crippen LogP contribution in [0.15, 0.2) is 11.6 Å². The first-order chi connectivity index (χ1) is 34.4. The summed E-state index contributed by atoms with van der Waals surface area (Å²) in [5, 5.41) is 115. The number of allylic oxidation sites excluding steroid dienone is 1. The predicted molar refractivity (Wildman–Crippen MR) is 247 cm³/mol. The minimum absolute atomic E-state index is 0.0241. The molecule has 11 N–H and O–H groups in total. The molecule has 22 heteroatoms. The Morgan fingerprint density at radius 3 is 2.08 bits per heavy atom. The van der Waals surface area contributed by atoms with Crippen molar-refractivity contribution < 1.29 is 108 Å². The molecule has 0 radical (unpaired) electrons. The van der Waals surface area contributed by atoms with E-state index in [1.54, 1.807) is 0 Å². The van der Waals surface area contributed by atoms with Gasteiger partial charge < -0.3 is 98.8 Å². The molecule has 5 aliphatic heterocycles. The van der Waals surface area contributed by atoms with Crippen molar-refractivity contribution in [3.8, 4) is 0 Å². The fourth-order valence-corrected chi connectivity index (χ4v) is 15.0. The second kappa shape index (κ2) is 21.3. The highest BCUT2D eigenvalue weighted by molar-refractivity contribution is 5.73. The lowest BCUT2D eigenvalue weighted by Gasteiger charge is -2.59. The van der Waals surface area contributed by atoms with E-state index in [9.17, 15) is 60.7 Å². The van der Waals surface area contributed by atoms with Crippen LogP contribution in [0.1, 0.15) is 105 Å². The minimum Gasteiger partial charge on any atom is -0.481 e. The number of aliphatic carboxylic acids is 1. The second-order valence-corrected chi connectivity index (χ2v) is 23.8. The molecular weight excluding hydrogens is 965 g/mol. The van der Waals surface area contributed by atoms with Crippen molar-refractivity contribution in [1.29, 1.82) is 0 Å². The van der Waals surface area contributed by atoms with E-state index < -0.39 is 148 Å². The van der Waals surface area contributed by atoms with Crippen LogP contribution >= 0.6 is 0 Å². The Bertz CT molecular complexity index is 1980. The van der Waals surface area contributed by atoms with Gasteiger partial charge >= 0.3 is 11.9 Å². The second-order valence-electron chi connectivity index (χ2n) is 23.8. The molecule has 9 aliphatic rings. The maximum Gasteiger partial charge on any atom is 0.308 e. The average molecular weight is 1050 g/mol. The standard InChI is InChI=1S/C51H80O22/c1-22-35-30(73-51(22)13-8-24(21-66-51)20-65-34(56)17-48(3,64)16-33(54)55)15-29-27-7-6-25-14-26(9-11-49(25,4)28(27)10-12-50(29,35)5)68-47-44(72-45-41(62)39(60)36(57)23(2)67-45)43(38(59)32(19-53)70-47)71-46-42(63)40(61)37(58)31(18-52)69-46/h6,22-24,26-32,35-47,52-53,57-64H,7-21H2,1-5H3,(H,54,55)/t22-,23-,24-,26-,27+,28-,29-,30-,31+,32+,35-,36-,37+,38+,39+,40-,41+,42+,43-,44+,45-,46-,47+,48-,49-,50-,51+/m0/s1. The van der Waals surface area contributed by atoms with Gasteiger partial charge in [-0.3, -0.25) is 9.59 Å². The molecule has 1 spiro atoms. The van der Waals surface area contributed by atoms with Crippen molar-refractivity contribution in [2.75, 3.05) is 26.4 Å². The number of esters is 1. The molecule has 22 nitrogen and oxygen atoms in total. The molecule has 5 heterocycles. The number of carbonyl (C=O) groups is 2. The monoisotopic (exact) mass is 1040 g/mol. The number of hydrogen-bond acceptors (Lipinski definition) is 21. The fourth-order valence-electron chi connectivity index (χ4n) is 15.0. The van der Waals surface area contributed by atoms with Crippen LogP contribution in [0.2, 0.25) is 0 Å². The summed E-state index contributed by atoms with van der Waals surface area (Å²) in [7, 11) is 0. The zero-order valence-corrected chi connectivity index (χ0v) is 42.4. The van der Waals surface area contributed by atoms with Gasteiger partial charge in [-0.25, -0.2) is 0 Å². The third kappa shape index (κ3) is 10.3. The molecule has 3 saturated carbocycles. The summed E-state index contributed by atoms with van der Waals surface area (Å²) in [6, 6.07) is 0. The van der Waals surface area contributed by atoms with Crippen LogP contribution in [-0.4, -0.2) is 210 Å². The maximum absolute atomic E-state index is 12.5. The first-order valence-corrected chi connectivity index (χ1v) is 26.5. The number of aliphatic hydroxyl groups excluding tert-OH is 9. The molecule has 0 aromatic heterocycles. The molecule has 8 fully saturated rings. The summed E-state index contributed by atoms with van der Waals surface area (Å²) >= 11 is 0. The number of fused-ring (bicyclic) bond motifs is 7. The highest BCUT2D eigenvalue weighted by Gasteiger charge is 2.69. The third-order valence-electron chi connectivity index (χ3n) is 19.1. The number of carboxylic acid groups (broad SMARTS) is 1. The number of ether oxygens (including phenoxy) is 9. The Morgan fingerprint density at radius 1 is 0.753 bits per heavy atom. The van der Waals surface area contributed by atoms with Crippen molar-refractivity contribution in [1.82, 2.24) is 0 Å². The van der Waals surface area contributed by atoms with Gasteiger partial charge in [0.05, 0.1) is 63.2 Å². The van der Waals surface area contributed by atoms with E-state index in [0.717, 1.165) is 38.5 Å².